The summed E-state index contributed by atoms with van der Waals surface area (Å²) in [4.78, 5) is 4.61. The lowest BCUT2D eigenvalue weighted by molar-refractivity contribution is 0.191. The molecule has 0 saturated heterocycles. The van der Waals surface area contributed by atoms with E-state index in [4.69, 9.17) is 10.3 Å². The fourth-order valence-corrected chi connectivity index (χ4v) is 2.96. The summed E-state index contributed by atoms with van der Waals surface area (Å²) in [5.74, 6) is 2.14. The van der Waals surface area contributed by atoms with Crippen LogP contribution in [0.4, 0.5) is 0 Å². The fourth-order valence-electron chi connectivity index (χ4n) is 2.96. The van der Waals surface area contributed by atoms with Gasteiger partial charge in [0.2, 0.25) is 11.7 Å². The van der Waals surface area contributed by atoms with Crippen molar-refractivity contribution in [3.8, 4) is 11.4 Å². The Morgan fingerprint density at radius 1 is 1.25 bits per heavy atom. The molecule has 106 valence electrons. The molecule has 1 aromatic heterocycles. The Morgan fingerprint density at radius 2 is 1.95 bits per heavy atom. The summed E-state index contributed by atoms with van der Waals surface area (Å²) in [6.45, 7) is 2.87. The Kier molecular flexibility index (Phi) is 3.57. The average Bonchev–Trinajstić information content (AvgIpc) is 3.00. The minimum atomic E-state index is -0.119. The van der Waals surface area contributed by atoms with Crippen LogP contribution in [0.2, 0.25) is 0 Å². The number of nitrogens with zero attached hydrogens (tertiary/aromatic N) is 2. The van der Waals surface area contributed by atoms with E-state index < -0.39 is 0 Å². The van der Waals surface area contributed by atoms with Gasteiger partial charge in [0.1, 0.15) is 0 Å². The lowest BCUT2D eigenvalue weighted by Gasteiger charge is -2.35. The van der Waals surface area contributed by atoms with Gasteiger partial charge in [0.15, 0.2) is 0 Å². The van der Waals surface area contributed by atoms with E-state index in [1.165, 1.54) is 12.8 Å². The summed E-state index contributed by atoms with van der Waals surface area (Å²) in [6, 6.07) is 9.92. The summed E-state index contributed by atoms with van der Waals surface area (Å²) in [5.41, 5.74) is 6.90. The van der Waals surface area contributed by atoms with Crippen LogP contribution in [0, 0.1) is 5.92 Å². The van der Waals surface area contributed by atoms with Crippen LogP contribution in [0.3, 0.4) is 0 Å². The van der Waals surface area contributed by atoms with Crippen LogP contribution in [0.25, 0.3) is 11.4 Å². The van der Waals surface area contributed by atoms with Crippen molar-refractivity contribution in [1.82, 2.24) is 10.1 Å². The molecule has 1 saturated carbocycles. The molecular formula is C16H21N3O. The first-order valence-corrected chi connectivity index (χ1v) is 7.33. The summed E-state index contributed by atoms with van der Waals surface area (Å²) >= 11 is 0. The number of aromatic nitrogens is 2. The molecule has 0 unspecified atom stereocenters. The van der Waals surface area contributed by atoms with E-state index in [0.29, 0.717) is 18.3 Å². The monoisotopic (exact) mass is 271 g/mol. The van der Waals surface area contributed by atoms with Gasteiger partial charge < -0.3 is 10.3 Å². The lowest BCUT2D eigenvalue weighted by atomic mass is 9.71. The number of nitrogens with two attached hydrogens (primary N) is 1. The Morgan fingerprint density at radius 3 is 2.60 bits per heavy atom. The number of rotatable bonds is 3. The highest BCUT2D eigenvalue weighted by atomic mass is 16.5. The third-order valence-corrected chi connectivity index (χ3v) is 4.53. The van der Waals surface area contributed by atoms with E-state index >= 15 is 0 Å². The molecule has 4 heteroatoms. The molecule has 20 heavy (non-hydrogen) atoms. The van der Waals surface area contributed by atoms with E-state index in [9.17, 15) is 0 Å². The first kappa shape index (κ1) is 13.3. The minimum Gasteiger partial charge on any atom is -0.338 e. The quantitative estimate of drug-likeness (QED) is 0.931. The van der Waals surface area contributed by atoms with E-state index in [1.807, 2.05) is 30.3 Å². The molecule has 1 aliphatic rings. The van der Waals surface area contributed by atoms with E-state index in [1.54, 1.807) is 0 Å². The third-order valence-electron chi connectivity index (χ3n) is 4.53. The molecule has 3 rings (SSSR count). The van der Waals surface area contributed by atoms with Gasteiger partial charge in [0.05, 0.1) is 5.41 Å². The highest BCUT2D eigenvalue weighted by Gasteiger charge is 2.39. The van der Waals surface area contributed by atoms with E-state index in [-0.39, 0.29) is 5.41 Å². The van der Waals surface area contributed by atoms with Crippen LogP contribution in [0.1, 0.15) is 38.5 Å². The predicted molar refractivity (Wildman–Crippen MR) is 78.1 cm³/mol. The lowest BCUT2D eigenvalue weighted by Crippen LogP contribution is -2.39. The van der Waals surface area contributed by atoms with Crippen LogP contribution in [0.15, 0.2) is 34.9 Å². The normalized spacial score (nSPS) is 26.6. The van der Waals surface area contributed by atoms with Gasteiger partial charge in [-0.25, -0.2) is 0 Å². The molecule has 1 fully saturated rings. The molecule has 2 N–H and O–H groups in total. The zero-order valence-electron chi connectivity index (χ0n) is 11.9. The van der Waals surface area contributed by atoms with E-state index in [2.05, 4.69) is 17.1 Å². The first-order chi connectivity index (χ1) is 9.73. The van der Waals surface area contributed by atoms with Gasteiger partial charge in [-0.1, -0.05) is 42.4 Å². The van der Waals surface area contributed by atoms with Crippen LogP contribution < -0.4 is 5.73 Å². The largest absolute Gasteiger partial charge is 0.338 e. The Hall–Kier alpha value is -1.68. The summed E-state index contributed by atoms with van der Waals surface area (Å²) in [6.07, 6.45) is 4.45. The second kappa shape index (κ2) is 5.37. The molecule has 0 spiro atoms. The molecule has 1 aliphatic carbocycles. The van der Waals surface area contributed by atoms with E-state index in [0.717, 1.165) is 24.3 Å². The van der Waals surface area contributed by atoms with Crippen LogP contribution >= 0.6 is 0 Å². The SMILES string of the molecule is CC1CCC(CN)(c2nc(-c3ccccc3)no2)CC1. The summed E-state index contributed by atoms with van der Waals surface area (Å²) < 4.78 is 5.55. The molecule has 0 amide bonds. The van der Waals surface area contributed by atoms with Gasteiger partial charge in [0, 0.05) is 12.1 Å². The van der Waals surface area contributed by atoms with Gasteiger partial charge >= 0.3 is 0 Å². The van der Waals surface area contributed by atoms with Crippen LogP contribution in [-0.2, 0) is 5.41 Å². The van der Waals surface area contributed by atoms with Gasteiger partial charge in [-0.2, -0.15) is 4.98 Å². The van der Waals surface area contributed by atoms with Crippen molar-refractivity contribution in [2.75, 3.05) is 6.54 Å². The Bertz CT molecular complexity index is 556. The number of benzene rings is 1. The molecule has 1 aromatic carbocycles. The molecule has 0 atom stereocenters. The Balaban J connectivity index is 1.89. The predicted octanol–water partition coefficient (Wildman–Crippen LogP) is 3.14. The van der Waals surface area contributed by atoms with Crippen molar-refractivity contribution >= 4 is 0 Å². The van der Waals surface area contributed by atoms with Gasteiger partial charge in [-0.3, -0.25) is 0 Å². The third kappa shape index (κ3) is 2.36. The second-order valence-corrected chi connectivity index (χ2v) is 5.96. The van der Waals surface area contributed by atoms with Crippen molar-refractivity contribution in [2.24, 2.45) is 11.7 Å². The maximum Gasteiger partial charge on any atom is 0.234 e. The maximum absolute atomic E-state index is 6.04. The molecular weight excluding hydrogens is 250 g/mol. The first-order valence-electron chi connectivity index (χ1n) is 7.33. The fraction of sp³-hybridized carbons (Fsp3) is 0.500. The van der Waals surface area contributed by atoms with Gasteiger partial charge in [0.25, 0.3) is 0 Å². The molecule has 0 aliphatic heterocycles. The van der Waals surface area contributed by atoms with Crippen LogP contribution in [-0.4, -0.2) is 16.7 Å². The van der Waals surface area contributed by atoms with Crippen molar-refractivity contribution in [3.63, 3.8) is 0 Å². The van der Waals surface area contributed by atoms with Gasteiger partial charge in [-0.05, 0) is 31.6 Å². The zero-order valence-corrected chi connectivity index (χ0v) is 11.9. The minimum absolute atomic E-state index is 0.119. The number of hydrogen-bond donors (Lipinski definition) is 1. The van der Waals surface area contributed by atoms with Crippen molar-refractivity contribution in [1.29, 1.82) is 0 Å². The molecule has 0 bridgehead atoms. The van der Waals surface area contributed by atoms with Gasteiger partial charge in [-0.15, -0.1) is 0 Å². The number of hydrogen-bond acceptors (Lipinski definition) is 4. The average molecular weight is 271 g/mol. The summed E-state index contributed by atoms with van der Waals surface area (Å²) in [5, 5.41) is 4.13. The summed E-state index contributed by atoms with van der Waals surface area (Å²) in [7, 11) is 0. The molecule has 4 nitrogen and oxygen atoms in total. The zero-order chi connectivity index (χ0) is 14.0. The van der Waals surface area contributed by atoms with Crippen molar-refractivity contribution in [3.05, 3.63) is 36.2 Å². The Labute approximate surface area is 119 Å². The standard InChI is InChI=1S/C16H21N3O/c1-12-7-9-16(11-17,10-8-12)15-18-14(19-20-15)13-5-3-2-4-6-13/h2-6,12H,7-11,17H2,1H3. The molecule has 2 aromatic rings. The second-order valence-electron chi connectivity index (χ2n) is 5.96. The smallest absolute Gasteiger partial charge is 0.234 e. The van der Waals surface area contributed by atoms with Crippen molar-refractivity contribution < 1.29 is 4.52 Å². The molecule has 0 radical (unpaired) electrons. The molecule has 1 heterocycles. The van der Waals surface area contributed by atoms with Crippen LogP contribution in [0.5, 0.6) is 0 Å². The highest BCUT2D eigenvalue weighted by Crippen LogP contribution is 2.40. The highest BCUT2D eigenvalue weighted by molar-refractivity contribution is 5.53. The van der Waals surface area contributed by atoms with Crippen molar-refractivity contribution in [2.45, 2.75) is 38.0 Å². The maximum atomic E-state index is 6.04. The topological polar surface area (TPSA) is 64.9 Å².